The fourth-order valence-corrected chi connectivity index (χ4v) is 1.73. The van der Waals surface area contributed by atoms with Gasteiger partial charge in [-0.05, 0) is 24.6 Å². The molecule has 3 N–H and O–H groups in total. The largest absolute Gasteiger partial charge is 0.384 e. The van der Waals surface area contributed by atoms with Gasteiger partial charge < -0.3 is 15.4 Å². The maximum Gasteiger partial charge on any atom is 0.139 e. The summed E-state index contributed by atoms with van der Waals surface area (Å²) < 4.78 is 1.88. The third-order valence-corrected chi connectivity index (χ3v) is 2.59. The Labute approximate surface area is 88.3 Å². The van der Waals surface area contributed by atoms with Crippen LogP contribution in [0.4, 0.5) is 0 Å². The van der Waals surface area contributed by atoms with Crippen LogP contribution in [0.5, 0.6) is 0 Å². The summed E-state index contributed by atoms with van der Waals surface area (Å²) in [6.07, 6.45) is -0.692. The van der Waals surface area contributed by atoms with Crippen LogP contribution in [-0.4, -0.2) is 21.2 Å². The second-order valence-electron chi connectivity index (χ2n) is 3.77. The number of benzene rings is 1. The van der Waals surface area contributed by atoms with Gasteiger partial charge in [0.1, 0.15) is 11.9 Å². The van der Waals surface area contributed by atoms with Crippen LogP contribution in [0.25, 0.3) is 11.0 Å². The molecule has 1 aromatic heterocycles. The molecule has 1 aromatic carbocycles. The summed E-state index contributed by atoms with van der Waals surface area (Å²) in [4.78, 5) is 4.38. The molecule has 0 bridgehead atoms. The van der Waals surface area contributed by atoms with Crippen molar-refractivity contribution in [3.63, 3.8) is 0 Å². The van der Waals surface area contributed by atoms with E-state index in [1.807, 2.05) is 36.7 Å². The Morgan fingerprint density at radius 2 is 2.27 bits per heavy atom. The van der Waals surface area contributed by atoms with Crippen LogP contribution in [0, 0.1) is 6.92 Å². The van der Waals surface area contributed by atoms with Crippen molar-refractivity contribution < 1.29 is 5.11 Å². The zero-order valence-electron chi connectivity index (χ0n) is 8.94. The minimum absolute atomic E-state index is 0.191. The molecule has 2 rings (SSSR count). The number of aliphatic hydroxyl groups excluding tert-OH is 1. The predicted octanol–water partition coefficient (Wildman–Crippen LogP) is 0.874. The summed E-state index contributed by atoms with van der Waals surface area (Å²) >= 11 is 0. The lowest BCUT2D eigenvalue weighted by Crippen LogP contribution is -2.15. The van der Waals surface area contributed by atoms with Gasteiger partial charge in [0.15, 0.2) is 0 Å². The molecular weight excluding hydrogens is 190 g/mol. The fourth-order valence-electron chi connectivity index (χ4n) is 1.73. The topological polar surface area (TPSA) is 64.1 Å². The van der Waals surface area contributed by atoms with E-state index >= 15 is 0 Å². The molecule has 80 valence electrons. The summed E-state index contributed by atoms with van der Waals surface area (Å²) in [5.41, 5.74) is 8.50. The van der Waals surface area contributed by atoms with Crippen molar-refractivity contribution in [2.45, 2.75) is 13.0 Å². The molecule has 0 radical (unpaired) electrons. The van der Waals surface area contributed by atoms with E-state index < -0.39 is 6.10 Å². The second-order valence-corrected chi connectivity index (χ2v) is 3.77. The first-order valence-corrected chi connectivity index (χ1v) is 4.94. The van der Waals surface area contributed by atoms with Crippen molar-refractivity contribution in [1.29, 1.82) is 0 Å². The molecular formula is C11H15N3O. The summed E-state index contributed by atoms with van der Waals surface area (Å²) in [6.45, 7) is 2.21. The SMILES string of the molecule is Cc1ccc2c(c1)nc(C(O)CN)n2C. The van der Waals surface area contributed by atoms with Crippen LogP contribution in [0.1, 0.15) is 17.5 Å². The van der Waals surface area contributed by atoms with E-state index in [0.717, 1.165) is 16.6 Å². The minimum Gasteiger partial charge on any atom is -0.384 e. The number of aromatic nitrogens is 2. The minimum atomic E-state index is -0.692. The van der Waals surface area contributed by atoms with Gasteiger partial charge in [0, 0.05) is 13.6 Å². The average Bonchev–Trinajstić information content (AvgIpc) is 2.54. The summed E-state index contributed by atoms with van der Waals surface area (Å²) in [6, 6.07) is 6.04. The highest BCUT2D eigenvalue weighted by atomic mass is 16.3. The summed E-state index contributed by atoms with van der Waals surface area (Å²) in [5, 5.41) is 9.67. The van der Waals surface area contributed by atoms with Crippen molar-refractivity contribution in [1.82, 2.24) is 9.55 Å². The van der Waals surface area contributed by atoms with E-state index in [-0.39, 0.29) is 6.54 Å². The molecule has 2 aromatic rings. The van der Waals surface area contributed by atoms with E-state index in [0.29, 0.717) is 5.82 Å². The Morgan fingerprint density at radius 1 is 1.53 bits per heavy atom. The van der Waals surface area contributed by atoms with E-state index in [9.17, 15) is 5.11 Å². The van der Waals surface area contributed by atoms with E-state index in [1.54, 1.807) is 0 Å². The van der Waals surface area contributed by atoms with Gasteiger partial charge in [-0.25, -0.2) is 4.98 Å². The molecule has 0 spiro atoms. The number of hydrogen-bond acceptors (Lipinski definition) is 3. The van der Waals surface area contributed by atoms with Crippen LogP contribution in [0.2, 0.25) is 0 Å². The molecule has 1 atom stereocenters. The zero-order chi connectivity index (χ0) is 11.0. The molecule has 0 saturated carbocycles. The Bertz CT molecular complexity index is 490. The molecule has 1 unspecified atom stereocenters. The average molecular weight is 205 g/mol. The van der Waals surface area contributed by atoms with E-state index in [4.69, 9.17) is 5.73 Å². The van der Waals surface area contributed by atoms with Crippen molar-refractivity contribution in [3.8, 4) is 0 Å². The first kappa shape index (κ1) is 10.1. The monoisotopic (exact) mass is 205 g/mol. The maximum absolute atomic E-state index is 9.67. The van der Waals surface area contributed by atoms with Crippen LogP contribution in [0.15, 0.2) is 18.2 Å². The molecule has 4 heteroatoms. The number of fused-ring (bicyclic) bond motifs is 1. The quantitative estimate of drug-likeness (QED) is 0.764. The van der Waals surface area contributed by atoms with Crippen LogP contribution < -0.4 is 5.73 Å². The van der Waals surface area contributed by atoms with Gasteiger partial charge in [-0.3, -0.25) is 0 Å². The molecule has 0 aliphatic heterocycles. The Hall–Kier alpha value is -1.39. The van der Waals surface area contributed by atoms with Gasteiger partial charge in [0.25, 0.3) is 0 Å². The van der Waals surface area contributed by atoms with Crippen molar-refractivity contribution in [2.75, 3.05) is 6.54 Å². The first-order valence-electron chi connectivity index (χ1n) is 4.94. The number of nitrogens with zero attached hydrogens (tertiary/aromatic N) is 2. The molecule has 4 nitrogen and oxygen atoms in total. The van der Waals surface area contributed by atoms with Gasteiger partial charge in [0.2, 0.25) is 0 Å². The van der Waals surface area contributed by atoms with Gasteiger partial charge in [-0.1, -0.05) is 6.07 Å². The van der Waals surface area contributed by atoms with Gasteiger partial charge in [-0.15, -0.1) is 0 Å². The smallest absolute Gasteiger partial charge is 0.139 e. The number of aryl methyl sites for hydroxylation is 2. The molecule has 0 saturated heterocycles. The number of aliphatic hydroxyl groups is 1. The summed E-state index contributed by atoms with van der Waals surface area (Å²) in [5.74, 6) is 0.623. The lowest BCUT2D eigenvalue weighted by atomic mass is 10.2. The number of rotatable bonds is 2. The standard InChI is InChI=1S/C11H15N3O/c1-7-3-4-9-8(5-7)13-11(14(9)2)10(15)6-12/h3-5,10,15H,6,12H2,1-2H3. The van der Waals surface area contributed by atoms with Crippen molar-refractivity contribution in [3.05, 3.63) is 29.6 Å². The number of hydrogen-bond donors (Lipinski definition) is 2. The van der Waals surface area contributed by atoms with Gasteiger partial charge >= 0.3 is 0 Å². The van der Waals surface area contributed by atoms with Crippen molar-refractivity contribution in [2.24, 2.45) is 12.8 Å². The highest BCUT2D eigenvalue weighted by Crippen LogP contribution is 2.19. The Balaban J connectivity index is 2.63. The van der Waals surface area contributed by atoms with Gasteiger partial charge in [-0.2, -0.15) is 0 Å². The molecule has 0 fully saturated rings. The van der Waals surface area contributed by atoms with E-state index in [2.05, 4.69) is 4.98 Å². The Kier molecular flexibility index (Phi) is 2.46. The van der Waals surface area contributed by atoms with Crippen LogP contribution >= 0.6 is 0 Å². The number of imidazole rings is 1. The third kappa shape index (κ3) is 1.62. The van der Waals surface area contributed by atoms with E-state index in [1.165, 1.54) is 0 Å². The van der Waals surface area contributed by atoms with Crippen LogP contribution in [-0.2, 0) is 7.05 Å². The first-order chi connectivity index (χ1) is 7.13. The maximum atomic E-state index is 9.67. The normalized spacial score (nSPS) is 13.3. The highest BCUT2D eigenvalue weighted by molar-refractivity contribution is 5.76. The Morgan fingerprint density at radius 3 is 2.93 bits per heavy atom. The lowest BCUT2D eigenvalue weighted by molar-refractivity contribution is 0.174. The molecule has 15 heavy (non-hydrogen) atoms. The molecule has 1 heterocycles. The second kappa shape index (κ2) is 3.64. The highest BCUT2D eigenvalue weighted by Gasteiger charge is 2.14. The fraction of sp³-hybridized carbons (Fsp3) is 0.364. The van der Waals surface area contributed by atoms with Crippen LogP contribution in [0.3, 0.4) is 0 Å². The summed E-state index contributed by atoms with van der Waals surface area (Å²) in [7, 11) is 1.89. The zero-order valence-corrected chi connectivity index (χ0v) is 8.94. The molecule has 0 aliphatic carbocycles. The van der Waals surface area contributed by atoms with Gasteiger partial charge in [0.05, 0.1) is 11.0 Å². The number of nitrogens with two attached hydrogens (primary N) is 1. The lowest BCUT2D eigenvalue weighted by Gasteiger charge is -2.06. The molecule has 0 aliphatic rings. The van der Waals surface area contributed by atoms with Crippen molar-refractivity contribution >= 4 is 11.0 Å². The predicted molar refractivity (Wildman–Crippen MR) is 59.5 cm³/mol. The third-order valence-electron chi connectivity index (χ3n) is 2.59. The molecule has 0 amide bonds.